The number of hydrogen-bond acceptors (Lipinski definition) is 3. The van der Waals surface area contributed by atoms with Crippen molar-refractivity contribution in [1.82, 2.24) is 10.2 Å². The third-order valence-corrected chi connectivity index (χ3v) is 4.59. The molecule has 2 aromatic carbocycles. The van der Waals surface area contributed by atoms with Crippen molar-refractivity contribution in [3.05, 3.63) is 65.5 Å². The maximum Gasteiger partial charge on any atom is 0.261 e. The number of carbonyl (C=O) groups is 1. The normalized spacial score (nSPS) is 15.6. The van der Waals surface area contributed by atoms with Crippen LogP contribution in [0.2, 0.25) is 0 Å². The summed E-state index contributed by atoms with van der Waals surface area (Å²) in [6.07, 6.45) is 1.94. The van der Waals surface area contributed by atoms with Crippen LogP contribution in [0.3, 0.4) is 0 Å². The molecule has 0 aromatic heterocycles. The monoisotopic (exact) mass is 356 g/mol. The van der Waals surface area contributed by atoms with Crippen molar-refractivity contribution in [1.29, 1.82) is 0 Å². The van der Waals surface area contributed by atoms with E-state index in [0.29, 0.717) is 12.3 Å². The highest BCUT2D eigenvalue weighted by atomic mass is 19.1. The zero-order valence-electron chi connectivity index (χ0n) is 15.1. The summed E-state index contributed by atoms with van der Waals surface area (Å²) in [6, 6.07) is 14.0. The number of rotatable bonds is 7. The van der Waals surface area contributed by atoms with Crippen LogP contribution in [-0.2, 0) is 17.9 Å². The van der Waals surface area contributed by atoms with E-state index in [1.54, 1.807) is 6.92 Å². The fraction of sp³-hybridized carbons (Fsp3) is 0.381. The molecule has 4 nitrogen and oxygen atoms in total. The van der Waals surface area contributed by atoms with Gasteiger partial charge in [0.25, 0.3) is 5.91 Å². The van der Waals surface area contributed by atoms with E-state index < -0.39 is 6.10 Å². The molecule has 0 radical (unpaired) electrons. The average molecular weight is 356 g/mol. The van der Waals surface area contributed by atoms with Crippen molar-refractivity contribution < 1.29 is 13.9 Å². The molecule has 5 heteroatoms. The maximum absolute atomic E-state index is 12.9. The molecular weight excluding hydrogens is 331 g/mol. The Labute approximate surface area is 154 Å². The van der Waals surface area contributed by atoms with Gasteiger partial charge in [-0.15, -0.1) is 0 Å². The Morgan fingerprint density at radius 1 is 1.08 bits per heavy atom. The topological polar surface area (TPSA) is 41.6 Å². The first-order valence-corrected chi connectivity index (χ1v) is 9.10. The molecule has 1 saturated heterocycles. The summed E-state index contributed by atoms with van der Waals surface area (Å²) in [5.74, 6) is -0.0570. The molecule has 1 N–H and O–H groups in total. The second-order valence-corrected chi connectivity index (χ2v) is 6.73. The van der Waals surface area contributed by atoms with Gasteiger partial charge in [-0.2, -0.15) is 0 Å². The molecule has 0 bridgehead atoms. The number of nitrogens with zero attached hydrogens (tertiary/aromatic N) is 1. The van der Waals surface area contributed by atoms with Crippen molar-refractivity contribution in [2.75, 3.05) is 13.1 Å². The van der Waals surface area contributed by atoms with Crippen molar-refractivity contribution in [3.8, 4) is 5.75 Å². The third-order valence-electron chi connectivity index (χ3n) is 4.59. The molecule has 1 fully saturated rings. The van der Waals surface area contributed by atoms with E-state index in [4.69, 9.17) is 4.74 Å². The van der Waals surface area contributed by atoms with Gasteiger partial charge in [0.05, 0.1) is 0 Å². The summed E-state index contributed by atoms with van der Waals surface area (Å²) in [5.41, 5.74) is 2.35. The van der Waals surface area contributed by atoms with Gasteiger partial charge < -0.3 is 10.1 Å². The van der Waals surface area contributed by atoms with E-state index in [-0.39, 0.29) is 11.7 Å². The minimum absolute atomic E-state index is 0.199. The molecule has 1 atom stereocenters. The van der Waals surface area contributed by atoms with Gasteiger partial charge in [-0.1, -0.05) is 24.3 Å². The van der Waals surface area contributed by atoms with Crippen LogP contribution in [0.4, 0.5) is 4.39 Å². The molecule has 1 unspecified atom stereocenters. The van der Waals surface area contributed by atoms with Crippen LogP contribution in [0.25, 0.3) is 0 Å². The van der Waals surface area contributed by atoms with Crippen molar-refractivity contribution in [2.45, 2.75) is 39.0 Å². The SMILES string of the molecule is CC(Oc1ccc(F)cc1)C(=O)NCc1ccc(CN2CCCC2)cc1. The van der Waals surface area contributed by atoms with Crippen LogP contribution >= 0.6 is 0 Å². The summed E-state index contributed by atoms with van der Waals surface area (Å²) in [5, 5.41) is 2.87. The smallest absolute Gasteiger partial charge is 0.261 e. The number of amides is 1. The molecule has 1 amide bonds. The van der Waals surface area contributed by atoms with Gasteiger partial charge in [0.15, 0.2) is 6.10 Å². The first-order chi connectivity index (χ1) is 12.6. The third kappa shape index (κ3) is 5.30. The second-order valence-electron chi connectivity index (χ2n) is 6.73. The lowest BCUT2D eigenvalue weighted by atomic mass is 10.1. The minimum Gasteiger partial charge on any atom is -0.481 e. The van der Waals surface area contributed by atoms with Crippen LogP contribution in [0.5, 0.6) is 5.75 Å². The number of ether oxygens (including phenoxy) is 1. The van der Waals surface area contributed by atoms with Gasteiger partial charge in [-0.05, 0) is 68.2 Å². The number of nitrogens with one attached hydrogen (secondary N) is 1. The highest BCUT2D eigenvalue weighted by molar-refractivity contribution is 5.80. The largest absolute Gasteiger partial charge is 0.481 e. The number of halogens is 1. The van der Waals surface area contributed by atoms with Crippen LogP contribution in [0.1, 0.15) is 30.9 Å². The maximum atomic E-state index is 12.9. The van der Waals surface area contributed by atoms with Gasteiger partial charge in [0, 0.05) is 13.1 Å². The Kier molecular flexibility index (Phi) is 6.23. The first-order valence-electron chi connectivity index (χ1n) is 9.10. The predicted molar refractivity (Wildman–Crippen MR) is 99.3 cm³/mol. The molecule has 0 saturated carbocycles. The Morgan fingerprint density at radius 3 is 2.35 bits per heavy atom. The van der Waals surface area contributed by atoms with E-state index in [1.165, 1.54) is 55.8 Å². The zero-order chi connectivity index (χ0) is 18.4. The van der Waals surface area contributed by atoms with E-state index in [0.717, 1.165) is 12.1 Å². The van der Waals surface area contributed by atoms with E-state index in [9.17, 15) is 9.18 Å². The summed E-state index contributed by atoms with van der Waals surface area (Å²) in [7, 11) is 0. The quantitative estimate of drug-likeness (QED) is 0.825. The van der Waals surface area contributed by atoms with E-state index in [2.05, 4.69) is 34.5 Å². The molecule has 0 spiro atoms. The summed E-state index contributed by atoms with van der Waals surface area (Å²) < 4.78 is 18.4. The Morgan fingerprint density at radius 2 is 1.69 bits per heavy atom. The molecular formula is C21H25FN2O2. The van der Waals surface area contributed by atoms with Crippen LogP contribution in [0, 0.1) is 5.82 Å². The fourth-order valence-corrected chi connectivity index (χ4v) is 3.07. The second kappa shape index (κ2) is 8.81. The highest BCUT2D eigenvalue weighted by Gasteiger charge is 2.15. The minimum atomic E-state index is -0.644. The van der Waals surface area contributed by atoms with Crippen molar-refractivity contribution in [2.24, 2.45) is 0 Å². The lowest BCUT2D eigenvalue weighted by molar-refractivity contribution is -0.127. The number of hydrogen-bond donors (Lipinski definition) is 1. The Balaban J connectivity index is 1.45. The lowest BCUT2D eigenvalue weighted by Gasteiger charge is -2.16. The van der Waals surface area contributed by atoms with Crippen molar-refractivity contribution >= 4 is 5.91 Å². The van der Waals surface area contributed by atoms with Gasteiger partial charge in [0.2, 0.25) is 0 Å². The highest BCUT2D eigenvalue weighted by Crippen LogP contribution is 2.14. The summed E-state index contributed by atoms with van der Waals surface area (Å²) in [4.78, 5) is 14.6. The molecule has 3 rings (SSSR count). The molecule has 1 aliphatic heterocycles. The van der Waals surface area contributed by atoms with E-state index in [1.807, 2.05) is 0 Å². The predicted octanol–water partition coefficient (Wildman–Crippen LogP) is 3.51. The Hall–Kier alpha value is -2.40. The number of carbonyl (C=O) groups excluding carboxylic acids is 1. The lowest BCUT2D eigenvalue weighted by Crippen LogP contribution is -2.35. The number of likely N-dealkylation sites (tertiary alicyclic amines) is 1. The summed E-state index contributed by atoms with van der Waals surface area (Å²) in [6.45, 7) is 5.50. The van der Waals surface area contributed by atoms with Gasteiger partial charge in [0.1, 0.15) is 11.6 Å². The molecule has 26 heavy (non-hydrogen) atoms. The van der Waals surface area contributed by atoms with Gasteiger partial charge in [-0.3, -0.25) is 9.69 Å². The standard InChI is InChI=1S/C21H25FN2O2/c1-16(26-20-10-8-19(22)9-11-20)21(25)23-14-17-4-6-18(7-5-17)15-24-12-2-3-13-24/h4-11,16H,2-3,12-15H2,1H3,(H,23,25). The fourth-order valence-electron chi connectivity index (χ4n) is 3.07. The first kappa shape index (κ1) is 18.4. The molecule has 138 valence electrons. The summed E-state index contributed by atoms with van der Waals surface area (Å²) >= 11 is 0. The molecule has 2 aromatic rings. The Bertz CT molecular complexity index is 710. The van der Waals surface area contributed by atoms with Crippen LogP contribution in [-0.4, -0.2) is 30.0 Å². The average Bonchev–Trinajstić information content (AvgIpc) is 3.16. The van der Waals surface area contributed by atoms with E-state index >= 15 is 0 Å². The van der Waals surface area contributed by atoms with Gasteiger partial charge in [-0.25, -0.2) is 4.39 Å². The van der Waals surface area contributed by atoms with Crippen LogP contribution in [0.15, 0.2) is 48.5 Å². The van der Waals surface area contributed by atoms with Crippen molar-refractivity contribution in [3.63, 3.8) is 0 Å². The molecule has 0 aliphatic carbocycles. The zero-order valence-corrected chi connectivity index (χ0v) is 15.1. The number of benzene rings is 2. The van der Waals surface area contributed by atoms with Crippen LogP contribution < -0.4 is 10.1 Å². The molecule has 1 heterocycles. The molecule has 1 aliphatic rings. The van der Waals surface area contributed by atoms with Gasteiger partial charge >= 0.3 is 0 Å².